The number of phosphoric ester groups is 1. The highest BCUT2D eigenvalue weighted by molar-refractivity contribution is 9.10. The van der Waals surface area contributed by atoms with Crippen LogP contribution in [-0.4, -0.2) is 54.1 Å². The number of hydrogen-bond acceptors (Lipinski definition) is 11. The number of carbonyl (C=O) groups is 1. The maximum Gasteiger partial charge on any atom is 0.509 e. The molecule has 0 radical (unpaired) electrons. The molecule has 13 heteroatoms. The Morgan fingerprint density at radius 2 is 2.26 bits per heavy atom. The Morgan fingerprint density at radius 3 is 3.03 bits per heavy atom. The summed E-state index contributed by atoms with van der Waals surface area (Å²) in [5.74, 6) is 0.586. The molecule has 3 saturated heterocycles. The number of fused-ring (bicyclic) bond motifs is 1. The van der Waals surface area contributed by atoms with Gasteiger partial charge in [0, 0.05) is 17.1 Å². The zero-order valence-corrected chi connectivity index (χ0v) is 20.6. The van der Waals surface area contributed by atoms with E-state index in [2.05, 4.69) is 27.5 Å². The standard InChI is InChI=1S/C21H23BrN3O8P/c1-12-24-17(23)6-8-25(12)19-21(2)18(31-20(26)32-21)16(30-19)11-29-34(27)28-9-7-15(33-34)13-4-3-5-14(22)10-13/h3-6,8,10,15-16,18-19H,1,7,9,11H2,2H3,(H2,23,24)/t15?,16-,18-,19-,21-,34?/m1/s1. The van der Waals surface area contributed by atoms with E-state index >= 15 is 0 Å². The summed E-state index contributed by atoms with van der Waals surface area (Å²) in [6, 6.07) is 7.53. The van der Waals surface area contributed by atoms with E-state index in [1.807, 2.05) is 24.3 Å². The molecule has 3 fully saturated rings. The Labute approximate surface area is 204 Å². The molecule has 0 amide bonds. The number of aliphatic imine (C=N–C) groups is 1. The number of benzene rings is 1. The molecule has 0 aliphatic carbocycles. The van der Waals surface area contributed by atoms with E-state index in [-0.39, 0.29) is 19.0 Å². The maximum atomic E-state index is 13.2. The SMILES string of the molecule is C=C1N=C(N)C=CN1[C@@H]1O[C@H](COP2(=O)OCCC(c3cccc(Br)c3)O2)[C@H]2OC(=O)O[C@]21C. The number of nitrogens with two attached hydrogens (primary N) is 1. The summed E-state index contributed by atoms with van der Waals surface area (Å²) < 4.78 is 47.8. The zero-order valence-electron chi connectivity index (χ0n) is 18.2. The van der Waals surface area contributed by atoms with Gasteiger partial charge in [-0.05, 0) is 30.7 Å². The first-order valence-corrected chi connectivity index (χ1v) is 12.8. The Balaban J connectivity index is 1.30. The molecule has 0 bridgehead atoms. The fourth-order valence-corrected chi connectivity index (χ4v) is 6.15. The number of hydrogen-bond donors (Lipinski definition) is 1. The first-order valence-electron chi connectivity index (χ1n) is 10.5. The molecule has 5 rings (SSSR count). The molecular formula is C21H23BrN3O8P. The van der Waals surface area contributed by atoms with Crippen molar-refractivity contribution in [2.75, 3.05) is 13.2 Å². The van der Waals surface area contributed by atoms with E-state index in [0.29, 0.717) is 12.2 Å². The van der Waals surface area contributed by atoms with Crippen molar-refractivity contribution in [1.82, 2.24) is 4.90 Å². The van der Waals surface area contributed by atoms with E-state index in [9.17, 15) is 9.36 Å². The summed E-state index contributed by atoms with van der Waals surface area (Å²) in [7, 11) is -3.91. The zero-order chi connectivity index (χ0) is 24.1. The van der Waals surface area contributed by atoms with E-state index in [1.54, 1.807) is 24.1 Å². The van der Waals surface area contributed by atoms with Crippen LogP contribution in [0.1, 0.15) is 25.0 Å². The third-order valence-corrected chi connectivity index (χ3v) is 7.91. The number of ether oxygens (including phenoxy) is 3. The second kappa shape index (κ2) is 8.78. The Morgan fingerprint density at radius 1 is 1.44 bits per heavy atom. The Kier molecular flexibility index (Phi) is 6.07. The van der Waals surface area contributed by atoms with E-state index in [4.69, 9.17) is 33.5 Å². The lowest BCUT2D eigenvalue weighted by molar-refractivity contribution is -0.107. The van der Waals surface area contributed by atoms with Crippen LogP contribution >= 0.6 is 23.8 Å². The normalized spacial score (nSPS) is 37.2. The fourth-order valence-electron chi connectivity index (χ4n) is 4.34. The van der Waals surface area contributed by atoms with Crippen LogP contribution in [0.4, 0.5) is 4.79 Å². The van der Waals surface area contributed by atoms with Gasteiger partial charge in [-0.15, -0.1) is 0 Å². The summed E-state index contributed by atoms with van der Waals surface area (Å²) in [6.45, 7) is 5.52. The quantitative estimate of drug-likeness (QED) is 0.423. The fraction of sp³-hybridized carbons (Fsp3) is 0.429. The molecule has 2 N–H and O–H groups in total. The van der Waals surface area contributed by atoms with Crippen molar-refractivity contribution in [3.63, 3.8) is 0 Å². The van der Waals surface area contributed by atoms with Gasteiger partial charge in [0.15, 0.2) is 17.9 Å². The van der Waals surface area contributed by atoms with Crippen LogP contribution in [0.5, 0.6) is 0 Å². The number of phosphoric acid groups is 1. The van der Waals surface area contributed by atoms with Crippen LogP contribution in [0.3, 0.4) is 0 Å². The minimum atomic E-state index is -3.91. The number of nitrogens with zero attached hydrogens (tertiary/aromatic N) is 2. The van der Waals surface area contributed by atoms with Gasteiger partial charge in [-0.25, -0.2) is 14.4 Å². The van der Waals surface area contributed by atoms with Crippen LogP contribution in [0.25, 0.3) is 0 Å². The van der Waals surface area contributed by atoms with Crippen molar-refractivity contribution in [3.8, 4) is 0 Å². The van der Waals surface area contributed by atoms with Crippen molar-refractivity contribution in [2.45, 2.75) is 43.5 Å². The molecule has 0 spiro atoms. The van der Waals surface area contributed by atoms with E-state index in [1.165, 1.54) is 0 Å². The van der Waals surface area contributed by atoms with Gasteiger partial charge in [-0.1, -0.05) is 34.6 Å². The molecule has 34 heavy (non-hydrogen) atoms. The summed E-state index contributed by atoms with van der Waals surface area (Å²) in [6.07, 6.45) is -0.0781. The minimum absolute atomic E-state index is 0.194. The Hall–Kier alpha value is -2.21. The molecule has 4 aliphatic rings. The van der Waals surface area contributed by atoms with Gasteiger partial charge >= 0.3 is 14.0 Å². The maximum absolute atomic E-state index is 13.2. The second-order valence-corrected chi connectivity index (χ2v) is 10.8. The van der Waals surface area contributed by atoms with Gasteiger partial charge in [0.2, 0.25) is 0 Å². The molecule has 4 aliphatic heterocycles. The molecule has 1 aromatic rings. The van der Waals surface area contributed by atoms with Crippen LogP contribution < -0.4 is 5.73 Å². The van der Waals surface area contributed by atoms with Crippen LogP contribution in [0.15, 0.2) is 58.4 Å². The second-order valence-electron chi connectivity index (χ2n) is 8.29. The largest absolute Gasteiger partial charge is 0.509 e. The molecule has 0 saturated carbocycles. The highest BCUT2D eigenvalue weighted by Gasteiger charge is 2.65. The molecule has 4 heterocycles. The lowest BCUT2D eigenvalue weighted by atomic mass is 9.96. The third kappa shape index (κ3) is 4.30. The van der Waals surface area contributed by atoms with Gasteiger partial charge in [-0.2, -0.15) is 0 Å². The van der Waals surface area contributed by atoms with Gasteiger partial charge in [0.25, 0.3) is 0 Å². The number of halogens is 1. The van der Waals surface area contributed by atoms with Crippen molar-refractivity contribution in [3.05, 3.63) is 59.0 Å². The van der Waals surface area contributed by atoms with Crippen LogP contribution in [-0.2, 0) is 32.3 Å². The van der Waals surface area contributed by atoms with E-state index < -0.39 is 44.1 Å². The molecule has 2 unspecified atom stereocenters. The first kappa shape index (κ1) is 23.5. The van der Waals surface area contributed by atoms with Gasteiger partial charge in [0.1, 0.15) is 17.8 Å². The minimum Gasteiger partial charge on any atom is -0.424 e. The molecule has 11 nitrogen and oxygen atoms in total. The van der Waals surface area contributed by atoms with Crippen molar-refractivity contribution >= 4 is 35.7 Å². The monoisotopic (exact) mass is 555 g/mol. The number of amidine groups is 1. The van der Waals surface area contributed by atoms with Crippen molar-refractivity contribution < 1.29 is 37.1 Å². The van der Waals surface area contributed by atoms with Crippen molar-refractivity contribution in [1.29, 1.82) is 0 Å². The van der Waals surface area contributed by atoms with Crippen LogP contribution in [0, 0.1) is 0 Å². The number of carbonyl (C=O) groups excluding carboxylic acids is 1. The highest BCUT2D eigenvalue weighted by Crippen LogP contribution is 2.57. The molecule has 1 aromatic carbocycles. The average molecular weight is 556 g/mol. The number of rotatable bonds is 5. The lowest BCUT2D eigenvalue weighted by Gasteiger charge is -2.35. The van der Waals surface area contributed by atoms with Gasteiger partial charge < -0.3 is 24.8 Å². The first-order chi connectivity index (χ1) is 16.2. The lowest BCUT2D eigenvalue weighted by Crippen LogP contribution is -2.50. The summed E-state index contributed by atoms with van der Waals surface area (Å²) >= 11 is 3.43. The highest BCUT2D eigenvalue weighted by atomic mass is 79.9. The molecule has 6 atom stereocenters. The summed E-state index contributed by atoms with van der Waals surface area (Å²) in [4.78, 5) is 17.7. The predicted octanol–water partition coefficient (Wildman–Crippen LogP) is 3.73. The van der Waals surface area contributed by atoms with Gasteiger partial charge in [0.05, 0.1) is 19.3 Å². The third-order valence-electron chi connectivity index (χ3n) is 5.94. The molecular weight excluding hydrogens is 533 g/mol. The average Bonchev–Trinajstić information content (AvgIpc) is 3.22. The van der Waals surface area contributed by atoms with Crippen molar-refractivity contribution in [2.24, 2.45) is 10.7 Å². The topological polar surface area (TPSA) is 131 Å². The summed E-state index contributed by atoms with van der Waals surface area (Å²) in [5.41, 5.74) is 5.36. The smallest absolute Gasteiger partial charge is 0.424 e. The van der Waals surface area contributed by atoms with Gasteiger partial charge in [-0.3, -0.25) is 13.6 Å². The Bertz CT molecular complexity index is 1130. The van der Waals surface area contributed by atoms with E-state index in [0.717, 1.165) is 10.0 Å². The summed E-state index contributed by atoms with van der Waals surface area (Å²) in [5, 5.41) is 0. The predicted molar refractivity (Wildman–Crippen MR) is 122 cm³/mol. The molecule has 0 aromatic heterocycles. The van der Waals surface area contributed by atoms with Crippen LogP contribution in [0.2, 0.25) is 0 Å². The molecule has 182 valence electrons.